The molecule has 0 radical (unpaired) electrons. The predicted molar refractivity (Wildman–Crippen MR) is 117 cm³/mol. The average molecular weight is 400 g/mol. The van der Waals surface area contributed by atoms with Crippen LogP contribution in [0.4, 0.5) is 0 Å². The maximum Gasteiger partial charge on any atom is 0.242 e. The van der Waals surface area contributed by atoms with Crippen LogP contribution in [0.15, 0.2) is 39.9 Å². The quantitative estimate of drug-likeness (QED) is 0.518. The summed E-state index contributed by atoms with van der Waals surface area (Å²) in [7, 11) is 1.88. The van der Waals surface area contributed by atoms with E-state index in [-0.39, 0.29) is 5.91 Å². The Morgan fingerprint density at radius 2 is 1.86 bits per heavy atom. The number of nitrogens with one attached hydrogen (secondary N) is 1. The van der Waals surface area contributed by atoms with Gasteiger partial charge in [0.1, 0.15) is 6.26 Å². The number of likely N-dealkylation sites (N-methyl/N-ethyl adjacent to an activating group) is 2. The van der Waals surface area contributed by atoms with Gasteiger partial charge in [0.05, 0.1) is 12.2 Å². The largest absolute Gasteiger partial charge is 0.444 e. The van der Waals surface area contributed by atoms with Crippen molar-refractivity contribution < 1.29 is 9.21 Å². The maximum atomic E-state index is 12.4. The summed E-state index contributed by atoms with van der Waals surface area (Å²) in [5, 5.41) is 3.25. The van der Waals surface area contributed by atoms with E-state index in [1.807, 2.05) is 61.9 Å². The first-order chi connectivity index (χ1) is 14.0. The molecule has 158 valence electrons. The fourth-order valence-corrected chi connectivity index (χ4v) is 2.95. The summed E-state index contributed by atoms with van der Waals surface area (Å²) < 4.78 is 5.61. The minimum Gasteiger partial charge on any atom is -0.444 e. The number of aliphatic imine (C=N–C) groups is 1. The molecule has 29 heavy (non-hydrogen) atoms. The minimum atomic E-state index is 0.0994. The van der Waals surface area contributed by atoms with Crippen molar-refractivity contribution in [2.24, 2.45) is 4.99 Å². The fourth-order valence-electron chi connectivity index (χ4n) is 2.95. The number of aryl methyl sites for hydroxylation is 1. The second-order valence-electron chi connectivity index (χ2n) is 6.92. The third kappa shape index (κ3) is 6.62. The van der Waals surface area contributed by atoms with Gasteiger partial charge in [0.25, 0.3) is 0 Å². The van der Waals surface area contributed by atoms with E-state index in [1.165, 1.54) is 5.56 Å². The van der Waals surface area contributed by atoms with Gasteiger partial charge in [0, 0.05) is 45.2 Å². The lowest BCUT2D eigenvalue weighted by molar-refractivity contribution is -0.131. The number of nitrogens with zero attached hydrogens (tertiary/aromatic N) is 4. The molecule has 7 nitrogen and oxygen atoms in total. The van der Waals surface area contributed by atoms with Gasteiger partial charge >= 0.3 is 0 Å². The van der Waals surface area contributed by atoms with Gasteiger partial charge in [-0.05, 0) is 39.8 Å². The lowest BCUT2D eigenvalue weighted by Crippen LogP contribution is -2.45. The van der Waals surface area contributed by atoms with Crippen molar-refractivity contribution >= 4 is 11.9 Å². The van der Waals surface area contributed by atoms with E-state index >= 15 is 0 Å². The molecule has 1 aromatic heterocycles. The highest BCUT2D eigenvalue weighted by molar-refractivity contribution is 5.86. The van der Waals surface area contributed by atoms with Crippen LogP contribution in [-0.2, 0) is 11.2 Å². The molecule has 0 aliphatic rings. The van der Waals surface area contributed by atoms with E-state index < -0.39 is 0 Å². The highest BCUT2D eigenvalue weighted by atomic mass is 16.3. The topological polar surface area (TPSA) is 74.0 Å². The maximum absolute atomic E-state index is 12.4. The Morgan fingerprint density at radius 1 is 1.17 bits per heavy atom. The summed E-state index contributed by atoms with van der Waals surface area (Å²) in [6.07, 6.45) is 2.35. The number of carbonyl (C=O) groups is 1. The molecule has 0 fully saturated rings. The van der Waals surface area contributed by atoms with Crippen LogP contribution in [0.2, 0.25) is 0 Å². The lowest BCUT2D eigenvalue weighted by atomic mass is 10.1. The van der Waals surface area contributed by atoms with Crippen molar-refractivity contribution in [1.82, 2.24) is 20.1 Å². The van der Waals surface area contributed by atoms with Crippen molar-refractivity contribution in [3.63, 3.8) is 0 Å². The van der Waals surface area contributed by atoms with Crippen LogP contribution >= 0.6 is 0 Å². The Balaban J connectivity index is 1.96. The molecule has 1 aromatic carbocycles. The Hall–Kier alpha value is -2.83. The average Bonchev–Trinajstić information content (AvgIpc) is 3.17. The zero-order valence-corrected chi connectivity index (χ0v) is 18.2. The SMILES string of the molecule is CCNC(=NCCc1coc(-c2ccc(C)cc2)n1)N(C)CC(=O)N(CC)CC. The predicted octanol–water partition coefficient (Wildman–Crippen LogP) is 2.96. The number of guanidine groups is 1. The number of hydrogen-bond donors (Lipinski definition) is 1. The van der Waals surface area contributed by atoms with Crippen molar-refractivity contribution in [2.45, 2.75) is 34.1 Å². The van der Waals surface area contributed by atoms with Gasteiger partial charge in [0.15, 0.2) is 5.96 Å². The number of carbonyl (C=O) groups excluding carboxylic acids is 1. The zero-order valence-electron chi connectivity index (χ0n) is 18.2. The molecule has 7 heteroatoms. The molecule has 0 atom stereocenters. The summed E-state index contributed by atoms with van der Waals surface area (Å²) in [6, 6.07) is 8.10. The van der Waals surface area contributed by atoms with Crippen LogP contribution in [0.5, 0.6) is 0 Å². The van der Waals surface area contributed by atoms with Crippen molar-refractivity contribution in [1.29, 1.82) is 0 Å². The fraction of sp³-hybridized carbons (Fsp3) is 0.500. The van der Waals surface area contributed by atoms with Crippen LogP contribution < -0.4 is 5.32 Å². The van der Waals surface area contributed by atoms with Crippen LogP contribution in [-0.4, -0.2) is 66.4 Å². The van der Waals surface area contributed by atoms with Gasteiger partial charge in [-0.15, -0.1) is 0 Å². The summed E-state index contributed by atoms with van der Waals surface area (Å²) in [6.45, 7) is 11.1. The van der Waals surface area contributed by atoms with E-state index in [0.29, 0.717) is 38.5 Å². The number of oxazole rings is 1. The summed E-state index contributed by atoms with van der Waals surface area (Å²) in [5.74, 6) is 1.44. The molecule has 1 heterocycles. The number of rotatable bonds is 9. The Kier molecular flexibility index (Phi) is 8.70. The highest BCUT2D eigenvalue weighted by Gasteiger charge is 2.15. The van der Waals surface area contributed by atoms with E-state index in [4.69, 9.17) is 4.42 Å². The molecular weight excluding hydrogens is 366 g/mol. The summed E-state index contributed by atoms with van der Waals surface area (Å²) in [5.41, 5.74) is 3.03. The Bertz CT molecular complexity index is 794. The number of hydrogen-bond acceptors (Lipinski definition) is 4. The molecule has 2 rings (SSSR count). The molecule has 0 aliphatic heterocycles. The van der Waals surface area contributed by atoms with Gasteiger partial charge in [0.2, 0.25) is 11.8 Å². The molecule has 1 N–H and O–H groups in total. The van der Waals surface area contributed by atoms with Gasteiger partial charge < -0.3 is 19.5 Å². The van der Waals surface area contributed by atoms with Crippen molar-refractivity contribution in [2.75, 3.05) is 39.8 Å². The zero-order chi connectivity index (χ0) is 21.2. The first-order valence-electron chi connectivity index (χ1n) is 10.3. The van der Waals surface area contributed by atoms with Gasteiger partial charge in [-0.3, -0.25) is 9.79 Å². The first kappa shape index (κ1) is 22.5. The van der Waals surface area contributed by atoms with E-state index in [0.717, 1.165) is 23.8 Å². The first-order valence-corrected chi connectivity index (χ1v) is 10.3. The monoisotopic (exact) mass is 399 g/mol. The molecule has 0 bridgehead atoms. The normalized spacial score (nSPS) is 11.4. The van der Waals surface area contributed by atoms with Crippen LogP contribution in [0.1, 0.15) is 32.0 Å². The Labute approximate surface area is 173 Å². The van der Waals surface area contributed by atoms with Gasteiger partial charge in [-0.25, -0.2) is 4.98 Å². The smallest absolute Gasteiger partial charge is 0.242 e. The van der Waals surface area contributed by atoms with Crippen LogP contribution in [0, 0.1) is 6.92 Å². The van der Waals surface area contributed by atoms with Crippen LogP contribution in [0.3, 0.4) is 0 Å². The highest BCUT2D eigenvalue weighted by Crippen LogP contribution is 2.19. The second kappa shape index (κ2) is 11.2. The molecule has 1 amide bonds. The second-order valence-corrected chi connectivity index (χ2v) is 6.92. The minimum absolute atomic E-state index is 0.0994. The molecule has 2 aromatic rings. The molecule has 0 unspecified atom stereocenters. The van der Waals surface area contributed by atoms with Crippen LogP contribution in [0.25, 0.3) is 11.5 Å². The Morgan fingerprint density at radius 3 is 2.48 bits per heavy atom. The molecule has 0 spiro atoms. The number of aromatic nitrogens is 1. The van der Waals surface area contributed by atoms with Gasteiger partial charge in [-0.1, -0.05) is 17.7 Å². The third-order valence-corrected chi connectivity index (χ3v) is 4.66. The van der Waals surface area contributed by atoms with E-state index in [2.05, 4.69) is 22.2 Å². The van der Waals surface area contributed by atoms with Gasteiger partial charge in [-0.2, -0.15) is 0 Å². The summed E-state index contributed by atoms with van der Waals surface area (Å²) in [4.78, 5) is 25.3. The number of benzene rings is 1. The molecule has 0 saturated carbocycles. The van der Waals surface area contributed by atoms with E-state index in [1.54, 1.807) is 6.26 Å². The van der Waals surface area contributed by atoms with Crippen molar-refractivity contribution in [3.05, 3.63) is 41.8 Å². The molecule has 0 saturated heterocycles. The summed E-state index contributed by atoms with van der Waals surface area (Å²) >= 11 is 0. The molecule has 0 aliphatic carbocycles. The van der Waals surface area contributed by atoms with Crippen molar-refractivity contribution in [3.8, 4) is 11.5 Å². The molecular formula is C22H33N5O2. The number of amides is 1. The standard InChI is InChI=1S/C22H33N5O2/c1-6-23-22(26(5)15-20(28)27(7-2)8-3)24-14-13-19-16-29-21(25-19)18-11-9-17(4)10-12-18/h9-12,16H,6-8,13-15H2,1-5H3,(H,23,24). The van der Waals surface area contributed by atoms with E-state index in [9.17, 15) is 4.79 Å². The lowest BCUT2D eigenvalue weighted by Gasteiger charge is -2.25. The third-order valence-electron chi connectivity index (χ3n) is 4.66.